The maximum absolute atomic E-state index is 4.43. The first-order chi connectivity index (χ1) is 8.65. The summed E-state index contributed by atoms with van der Waals surface area (Å²) in [6.07, 6.45) is 2.96. The van der Waals surface area contributed by atoms with Gasteiger partial charge in [0.1, 0.15) is 5.82 Å². The average Bonchev–Trinajstić information content (AvgIpc) is 2.38. The van der Waals surface area contributed by atoms with Gasteiger partial charge in [-0.2, -0.15) is 0 Å². The number of nitrogens with zero attached hydrogens (tertiary/aromatic N) is 2. The van der Waals surface area contributed by atoms with Gasteiger partial charge in [-0.15, -0.1) is 0 Å². The fourth-order valence-corrected chi connectivity index (χ4v) is 1.85. The first-order valence-electron chi connectivity index (χ1n) is 6.34. The first kappa shape index (κ1) is 12.6. The highest BCUT2D eigenvalue weighted by Crippen LogP contribution is 2.10. The summed E-state index contributed by atoms with van der Waals surface area (Å²) in [5.41, 5.74) is 3.89. The van der Waals surface area contributed by atoms with Crippen molar-refractivity contribution in [3.63, 3.8) is 0 Å². The van der Waals surface area contributed by atoms with Crippen molar-refractivity contribution in [3.05, 3.63) is 59.3 Å². The molecule has 18 heavy (non-hydrogen) atoms. The van der Waals surface area contributed by atoms with Gasteiger partial charge in [0.25, 0.3) is 0 Å². The smallest absolute Gasteiger partial charge is 0.128 e. The molecule has 94 valence electrons. The molecule has 0 unspecified atom stereocenters. The van der Waals surface area contributed by atoms with Crippen LogP contribution in [0.5, 0.6) is 0 Å². The van der Waals surface area contributed by atoms with Crippen LogP contribution >= 0.6 is 0 Å². The zero-order valence-electron chi connectivity index (χ0n) is 11.4. The van der Waals surface area contributed by atoms with Crippen LogP contribution in [-0.4, -0.2) is 18.6 Å². The molecule has 0 bridgehead atoms. The largest absolute Gasteiger partial charge is 0.359 e. The Bertz CT molecular complexity index is 486. The second-order valence-corrected chi connectivity index (χ2v) is 4.85. The van der Waals surface area contributed by atoms with Gasteiger partial charge in [0.05, 0.1) is 0 Å². The third kappa shape index (κ3) is 3.33. The van der Waals surface area contributed by atoms with Gasteiger partial charge in [0.2, 0.25) is 0 Å². The fraction of sp³-hybridized carbons (Fsp3) is 0.312. The van der Waals surface area contributed by atoms with Gasteiger partial charge in [-0.05, 0) is 37.5 Å². The van der Waals surface area contributed by atoms with Crippen molar-refractivity contribution < 1.29 is 0 Å². The monoisotopic (exact) mass is 240 g/mol. The molecule has 0 saturated carbocycles. The van der Waals surface area contributed by atoms with Crippen LogP contribution < -0.4 is 4.90 Å². The van der Waals surface area contributed by atoms with E-state index in [2.05, 4.69) is 67.2 Å². The quantitative estimate of drug-likeness (QED) is 0.814. The highest BCUT2D eigenvalue weighted by Gasteiger charge is 2.02. The molecule has 0 spiro atoms. The maximum atomic E-state index is 4.43. The molecular weight excluding hydrogens is 220 g/mol. The number of rotatable bonds is 4. The maximum Gasteiger partial charge on any atom is 0.128 e. The van der Waals surface area contributed by atoms with E-state index in [4.69, 9.17) is 0 Å². The molecule has 2 rings (SSSR count). The van der Waals surface area contributed by atoms with Crippen molar-refractivity contribution >= 4 is 5.82 Å². The Kier molecular flexibility index (Phi) is 3.98. The van der Waals surface area contributed by atoms with E-state index in [1.165, 1.54) is 16.7 Å². The number of anilines is 1. The third-order valence-electron chi connectivity index (χ3n) is 3.14. The zero-order valence-corrected chi connectivity index (χ0v) is 11.4. The Morgan fingerprint density at radius 3 is 2.22 bits per heavy atom. The lowest BCUT2D eigenvalue weighted by Gasteiger charge is -2.18. The van der Waals surface area contributed by atoms with Gasteiger partial charge in [-0.1, -0.05) is 35.9 Å². The summed E-state index contributed by atoms with van der Waals surface area (Å²) in [4.78, 5) is 6.62. The number of aryl methyl sites for hydroxylation is 2. The van der Waals surface area contributed by atoms with Gasteiger partial charge in [0.15, 0.2) is 0 Å². The van der Waals surface area contributed by atoms with Crippen LogP contribution in [0.2, 0.25) is 0 Å². The number of benzene rings is 1. The van der Waals surface area contributed by atoms with Crippen LogP contribution in [0.3, 0.4) is 0 Å². The van der Waals surface area contributed by atoms with E-state index >= 15 is 0 Å². The summed E-state index contributed by atoms with van der Waals surface area (Å²) >= 11 is 0. The van der Waals surface area contributed by atoms with E-state index in [0.29, 0.717) is 0 Å². The molecule has 0 fully saturated rings. The third-order valence-corrected chi connectivity index (χ3v) is 3.14. The van der Waals surface area contributed by atoms with E-state index in [1.54, 1.807) is 0 Å². The molecule has 0 radical (unpaired) electrons. The Balaban J connectivity index is 1.93. The number of likely N-dealkylation sites (N-methyl/N-ethyl adjacent to an activating group) is 1. The van der Waals surface area contributed by atoms with Crippen molar-refractivity contribution in [2.45, 2.75) is 20.3 Å². The van der Waals surface area contributed by atoms with Crippen molar-refractivity contribution in [1.82, 2.24) is 4.98 Å². The Morgan fingerprint density at radius 1 is 0.944 bits per heavy atom. The van der Waals surface area contributed by atoms with Crippen molar-refractivity contribution in [2.24, 2.45) is 0 Å². The molecule has 0 aliphatic heterocycles. The summed E-state index contributed by atoms with van der Waals surface area (Å²) in [6.45, 7) is 5.16. The molecule has 1 heterocycles. The van der Waals surface area contributed by atoms with Crippen molar-refractivity contribution in [3.8, 4) is 0 Å². The first-order valence-corrected chi connectivity index (χ1v) is 6.34. The molecule has 2 nitrogen and oxygen atoms in total. The number of aromatic nitrogens is 1. The number of hydrogen-bond donors (Lipinski definition) is 0. The molecule has 0 aliphatic rings. The van der Waals surface area contributed by atoms with Gasteiger partial charge in [-0.3, -0.25) is 0 Å². The Labute approximate surface area is 109 Å². The minimum Gasteiger partial charge on any atom is -0.359 e. The predicted molar refractivity (Wildman–Crippen MR) is 77.1 cm³/mol. The molecular formula is C16H20N2. The molecule has 1 aromatic carbocycles. The van der Waals surface area contributed by atoms with E-state index in [-0.39, 0.29) is 0 Å². The molecule has 0 saturated heterocycles. The lowest BCUT2D eigenvalue weighted by atomic mass is 10.1. The van der Waals surface area contributed by atoms with E-state index in [9.17, 15) is 0 Å². The lowest BCUT2D eigenvalue weighted by Crippen LogP contribution is -2.21. The van der Waals surface area contributed by atoms with Crippen LogP contribution in [0.15, 0.2) is 42.6 Å². The Hall–Kier alpha value is -1.83. The average molecular weight is 240 g/mol. The predicted octanol–water partition coefficient (Wildman–Crippen LogP) is 3.38. The molecule has 1 aromatic heterocycles. The highest BCUT2D eigenvalue weighted by atomic mass is 15.2. The van der Waals surface area contributed by atoms with Gasteiger partial charge in [0, 0.05) is 19.8 Å². The Morgan fingerprint density at radius 2 is 1.61 bits per heavy atom. The summed E-state index contributed by atoms with van der Waals surface area (Å²) in [7, 11) is 2.09. The molecule has 2 heteroatoms. The van der Waals surface area contributed by atoms with Crippen LogP contribution in [0, 0.1) is 13.8 Å². The molecule has 0 amide bonds. The van der Waals surface area contributed by atoms with E-state index < -0.39 is 0 Å². The zero-order chi connectivity index (χ0) is 13.0. The number of pyridine rings is 1. The van der Waals surface area contributed by atoms with Crippen LogP contribution in [0.1, 0.15) is 16.7 Å². The summed E-state index contributed by atoms with van der Waals surface area (Å²) in [5, 5.41) is 0. The molecule has 0 aliphatic carbocycles. The van der Waals surface area contributed by atoms with E-state index in [1.807, 2.05) is 6.20 Å². The van der Waals surface area contributed by atoms with Crippen LogP contribution in [-0.2, 0) is 6.42 Å². The highest BCUT2D eigenvalue weighted by molar-refractivity contribution is 5.38. The summed E-state index contributed by atoms with van der Waals surface area (Å²) < 4.78 is 0. The molecule has 2 aromatic rings. The molecule has 0 atom stereocenters. The standard InChI is InChI=1S/C16H20N2/c1-13-4-7-15(8-5-13)10-11-18(3)16-9-6-14(2)12-17-16/h4-9,12H,10-11H2,1-3H3. The SMILES string of the molecule is Cc1ccc(CCN(C)c2ccc(C)cn2)cc1. The van der Waals surface area contributed by atoms with Crippen LogP contribution in [0.4, 0.5) is 5.82 Å². The van der Waals surface area contributed by atoms with Crippen LogP contribution in [0.25, 0.3) is 0 Å². The van der Waals surface area contributed by atoms with Crippen molar-refractivity contribution in [1.29, 1.82) is 0 Å². The lowest BCUT2D eigenvalue weighted by molar-refractivity contribution is 0.859. The second-order valence-electron chi connectivity index (χ2n) is 4.85. The normalized spacial score (nSPS) is 10.4. The van der Waals surface area contributed by atoms with E-state index in [0.717, 1.165) is 18.8 Å². The number of hydrogen-bond acceptors (Lipinski definition) is 2. The minimum atomic E-state index is 0.985. The summed E-state index contributed by atoms with van der Waals surface area (Å²) in [5.74, 6) is 1.03. The van der Waals surface area contributed by atoms with Gasteiger partial charge in [-0.25, -0.2) is 4.98 Å². The fourth-order valence-electron chi connectivity index (χ4n) is 1.85. The minimum absolute atomic E-state index is 0.985. The van der Waals surface area contributed by atoms with Crippen molar-refractivity contribution in [2.75, 3.05) is 18.5 Å². The summed E-state index contributed by atoms with van der Waals surface area (Å²) in [6, 6.07) is 12.9. The molecule has 0 N–H and O–H groups in total. The van der Waals surface area contributed by atoms with Gasteiger partial charge < -0.3 is 4.90 Å². The topological polar surface area (TPSA) is 16.1 Å². The second kappa shape index (κ2) is 5.67. The van der Waals surface area contributed by atoms with Gasteiger partial charge >= 0.3 is 0 Å².